The number of benzene rings is 2. The van der Waals surface area contributed by atoms with Crippen molar-refractivity contribution >= 4 is 17.3 Å². The molecule has 21 heavy (non-hydrogen) atoms. The Morgan fingerprint density at radius 1 is 0.952 bits per heavy atom. The topological polar surface area (TPSA) is 41.1 Å². The number of rotatable bonds is 4. The molecular weight excluding hydrogens is 260 g/mol. The maximum atomic E-state index is 12.2. The Hall–Kier alpha value is -2.29. The van der Waals surface area contributed by atoms with Gasteiger partial charge in [-0.1, -0.05) is 29.8 Å². The summed E-state index contributed by atoms with van der Waals surface area (Å²) in [6.07, 6.45) is 0. The Kier molecular flexibility index (Phi) is 4.63. The highest BCUT2D eigenvalue weighted by Crippen LogP contribution is 2.18. The van der Waals surface area contributed by atoms with Gasteiger partial charge in [-0.2, -0.15) is 0 Å². The van der Waals surface area contributed by atoms with E-state index in [1.165, 1.54) is 11.1 Å². The molecule has 2 rings (SSSR count). The average Bonchev–Trinajstić information content (AvgIpc) is 2.45. The zero-order valence-corrected chi connectivity index (χ0v) is 13.0. The zero-order chi connectivity index (χ0) is 15.4. The highest BCUT2D eigenvalue weighted by Gasteiger charge is 2.13. The zero-order valence-electron chi connectivity index (χ0n) is 13.0. The van der Waals surface area contributed by atoms with Crippen LogP contribution in [0, 0.1) is 20.8 Å². The lowest BCUT2D eigenvalue weighted by Gasteiger charge is -2.17. The molecule has 0 bridgehead atoms. The summed E-state index contributed by atoms with van der Waals surface area (Å²) in [7, 11) is 0. The average molecular weight is 282 g/mol. The summed E-state index contributed by atoms with van der Waals surface area (Å²) < 4.78 is 0. The van der Waals surface area contributed by atoms with Crippen LogP contribution in [0.15, 0.2) is 42.5 Å². The van der Waals surface area contributed by atoms with E-state index in [1.807, 2.05) is 52.0 Å². The Bertz CT molecular complexity index is 632. The molecule has 110 valence electrons. The molecule has 0 unspecified atom stereocenters. The van der Waals surface area contributed by atoms with Gasteiger partial charge in [-0.25, -0.2) is 0 Å². The van der Waals surface area contributed by atoms with Gasteiger partial charge in [-0.05, 0) is 57.0 Å². The van der Waals surface area contributed by atoms with Gasteiger partial charge in [0.15, 0.2) is 0 Å². The fourth-order valence-corrected chi connectivity index (χ4v) is 2.08. The molecule has 3 nitrogen and oxygen atoms in total. The smallest absolute Gasteiger partial charge is 0.246 e. The molecule has 1 amide bonds. The van der Waals surface area contributed by atoms with E-state index >= 15 is 0 Å². The van der Waals surface area contributed by atoms with Crippen LogP contribution >= 0.6 is 0 Å². The second-order valence-corrected chi connectivity index (χ2v) is 5.54. The minimum absolute atomic E-state index is 0.0419. The number of hydrogen-bond donors (Lipinski definition) is 2. The van der Waals surface area contributed by atoms with Crippen LogP contribution in [0.25, 0.3) is 0 Å². The van der Waals surface area contributed by atoms with Gasteiger partial charge in [-0.3, -0.25) is 4.79 Å². The Labute approximate surface area is 126 Å². The van der Waals surface area contributed by atoms with E-state index in [4.69, 9.17) is 0 Å². The molecule has 2 N–H and O–H groups in total. The number of anilines is 2. The molecule has 0 saturated carbocycles. The molecule has 0 aromatic heterocycles. The number of carbonyl (C=O) groups is 1. The van der Waals surface area contributed by atoms with Crippen molar-refractivity contribution in [2.45, 2.75) is 33.7 Å². The van der Waals surface area contributed by atoms with Crippen LogP contribution in [-0.2, 0) is 4.79 Å². The van der Waals surface area contributed by atoms with Crippen LogP contribution < -0.4 is 10.6 Å². The number of hydrogen-bond acceptors (Lipinski definition) is 2. The highest BCUT2D eigenvalue weighted by molar-refractivity contribution is 5.96. The lowest BCUT2D eigenvalue weighted by Crippen LogP contribution is -2.32. The van der Waals surface area contributed by atoms with Crippen LogP contribution in [0.1, 0.15) is 23.6 Å². The van der Waals surface area contributed by atoms with Crippen LogP contribution in [0.3, 0.4) is 0 Å². The first-order valence-electron chi connectivity index (χ1n) is 7.17. The van der Waals surface area contributed by atoms with Crippen LogP contribution in [-0.4, -0.2) is 11.9 Å². The predicted molar refractivity (Wildman–Crippen MR) is 88.8 cm³/mol. The summed E-state index contributed by atoms with van der Waals surface area (Å²) in [6, 6.07) is 13.7. The first kappa shape index (κ1) is 15.1. The standard InChI is InChI=1S/C18H22N2O/c1-12-6-9-16(10-7-12)20-18(21)15(4)19-17-11-13(2)5-8-14(17)3/h5-11,15,19H,1-4H3,(H,20,21)/t15-/m1/s1. The quantitative estimate of drug-likeness (QED) is 0.888. The van der Waals surface area contributed by atoms with Gasteiger partial charge in [-0.15, -0.1) is 0 Å². The predicted octanol–water partition coefficient (Wildman–Crippen LogP) is 4.05. The van der Waals surface area contributed by atoms with E-state index < -0.39 is 0 Å². The van der Waals surface area contributed by atoms with Crippen molar-refractivity contribution in [3.8, 4) is 0 Å². The number of amides is 1. The van der Waals surface area contributed by atoms with Crippen molar-refractivity contribution in [3.05, 3.63) is 59.2 Å². The van der Waals surface area contributed by atoms with Crippen molar-refractivity contribution in [2.24, 2.45) is 0 Å². The third kappa shape index (κ3) is 4.09. The monoisotopic (exact) mass is 282 g/mol. The van der Waals surface area contributed by atoms with Crippen molar-refractivity contribution in [1.82, 2.24) is 0 Å². The molecule has 0 aliphatic carbocycles. The largest absolute Gasteiger partial charge is 0.374 e. The molecule has 2 aromatic carbocycles. The summed E-state index contributed by atoms with van der Waals surface area (Å²) in [4.78, 5) is 12.2. The lowest BCUT2D eigenvalue weighted by atomic mass is 10.1. The van der Waals surface area contributed by atoms with Crippen molar-refractivity contribution in [2.75, 3.05) is 10.6 Å². The fourth-order valence-electron chi connectivity index (χ4n) is 2.08. The Balaban J connectivity index is 2.02. The molecule has 0 spiro atoms. The minimum atomic E-state index is -0.299. The van der Waals surface area contributed by atoms with E-state index in [0.717, 1.165) is 16.9 Å². The molecule has 0 radical (unpaired) electrons. The van der Waals surface area contributed by atoms with E-state index in [1.54, 1.807) is 0 Å². The molecule has 0 fully saturated rings. The van der Waals surface area contributed by atoms with Crippen LogP contribution in [0.4, 0.5) is 11.4 Å². The maximum absolute atomic E-state index is 12.2. The van der Waals surface area contributed by atoms with Gasteiger partial charge in [0.05, 0.1) is 0 Å². The van der Waals surface area contributed by atoms with Gasteiger partial charge < -0.3 is 10.6 Å². The van der Waals surface area contributed by atoms with Crippen molar-refractivity contribution < 1.29 is 4.79 Å². The Morgan fingerprint density at radius 3 is 2.24 bits per heavy atom. The number of carbonyl (C=O) groups excluding carboxylic acids is 1. The number of nitrogens with one attached hydrogen (secondary N) is 2. The molecule has 0 saturated heterocycles. The maximum Gasteiger partial charge on any atom is 0.246 e. The summed E-state index contributed by atoms with van der Waals surface area (Å²) in [5.74, 6) is -0.0419. The summed E-state index contributed by atoms with van der Waals surface area (Å²) in [5, 5.41) is 6.19. The second-order valence-electron chi connectivity index (χ2n) is 5.54. The fraction of sp³-hybridized carbons (Fsp3) is 0.278. The molecule has 0 heterocycles. The third-order valence-corrected chi connectivity index (χ3v) is 3.48. The lowest BCUT2D eigenvalue weighted by molar-refractivity contribution is -0.116. The molecule has 3 heteroatoms. The van der Waals surface area contributed by atoms with Crippen molar-refractivity contribution in [1.29, 1.82) is 0 Å². The van der Waals surface area contributed by atoms with Crippen molar-refractivity contribution in [3.63, 3.8) is 0 Å². The Morgan fingerprint density at radius 2 is 1.57 bits per heavy atom. The second kappa shape index (κ2) is 6.44. The molecule has 1 atom stereocenters. The third-order valence-electron chi connectivity index (χ3n) is 3.48. The first-order valence-corrected chi connectivity index (χ1v) is 7.17. The summed E-state index contributed by atoms with van der Waals surface area (Å²) >= 11 is 0. The van der Waals surface area contributed by atoms with Gasteiger partial charge in [0, 0.05) is 11.4 Å². The van der Waals surface area contributed by atoms with Gasteiger partial charge >= 0.3 is 0 Å². The normalized spacial score (nSPS) is 11.8. The molecule has 0 aliphatic heterocycles. The molecule has 0 aliphatic rings. The van der Waals surface area contributed by atoms with E-state index in [-0.39, 0.29) is 11.9 Å². The molecular formula is C18H22N2O. The first-order chi connectivity index (χ1) is 9.95. The van der Waals surface area contributed by atoms with Gasteiger partial charge in [0.2, 0.25) is 5.91 Å². The summed E-state index contributed by atoms with van der Waals surface area (Å²) in [5.41, 5.74) is 5.31. The van der Waals surface area contributed by atoms with E-state index in [0.29, 0.717) is 0 Å². The number of aryl methyl sites for hydroxylation is 3. The van der Waals surface area contributed by atoms with E-state index in [9.17, 15) is 4.79 Å². The highest BCUT2D eigenvalue weighted by atomic mass is 16.2. The van der Waals surface area contributed by atoms with Crippen LogP contribution in [0.5, 0.6) is 0 Å². The van der Waals surface area contributed by atoms with E-state index in [2.05, 4.69) is 28.8 Å². The van der Waals surface area contributed by atoms with Gasteiger partial charge in [0.25, 0.3) is 0 Å². The SMILES string of the molecule is Cc1ccc(NC(=O)[C@@H](C)Nc2cc(C)ccc2C)cc1. The van der Waals surface area contributed by atoms with Crippen LogP contribution in [0.2, 0.25) is 0 Å². The van der Waals surface area contributed by atoms with Gasteiger partial charge in [0.1, 0.15) is 6.04 Å². The minimum Gasteiger partial charge on any atom is -0.374 e. The summed E-state index contributed by atoms with van der Waals surface area (Å²) in [6.45, 7) is 7.97. The molecule has 2 aromatic rings.